The van der Waals surface area contributed by atoms with Crippen LogP contribution in [0.2, 0.25) is 0 Å². The molecule has 0 unspecified atom stereocenters. The molecule has 84 valence electrons. The SMILES string of the molecule is O=C(c1ccc2c(c1)COC2)N1CC(O)C1. The number of fused-ring (bicyclic) bond motifs is 1. The summed E-state index contributed by atoms with van der Waals surface area (Å²) in [5, 5.41) is 9.16. The number of hydrogen-bond donors (Lipinski definition) is 1. The van der Waals surface area contributed by atoms with Gasteiger partial charge in [-0.2, -0.15) is 0 Å². The van der Waals surface area contributed by atoms with Gasteiger partial charge in [-0.25, -0.2) is 0 Å². The molecule has 16 heavy (non-hydrogen) atoms. The Morgan fingerprint density at radius 1 is 1.31 bits per heavy atom. The Labute approximate surface area is 93.4 Å². The summed E-state index contributed by atoms with van der Waals surface area (Å²) < 4.78 is 5.30. The molecule has 0 saturated carbocycles. The maximum Gasteiger partial charge on any atom is 0.254 e. The zero-order valence-corrected chi connectivity index (χ0v) is 8.85. The molecule has 4 heteroatoms. The molecule has 0 spiro atoms. The van der Waals surface area contributed by atoms with E-state index in [4.69, 9.17) is 9.84 Å². The second-order valence-electron chi connectivity index (χ2n) is 4.34. The number of nitrogens with zero attached hydrogens (tertiary/aromatic N) is 1. The van der Waals surface area contributed by atoms with Crippen LogP contribution in [0.4, 0.5) is 0 Å². The first-order chi connectivity index (χ1) is 7.74. The van der Waals surface area contributed by atoms with Crippen LogP contribution < -0.4 is 0 Å². The molecule has 0 atom stereocenters. The molecule has 2 heterocycles. The van der Waals surface area contributed by atoms with Gasteiger partial charge in [-0.1, -0.05) is 6.07 Å². The highest BCUT2D eigenvalue weighted by Crippen LogP contribution is 2.22. The van der Waals surface area contributed by atoms with Gasteiger partial charge >= 0.3 is 0 Å². The number of likely N-dealkylation sites (tertiary alicyclic amines) is 1. The highest BCUT2D eigenvalue weighted by molar-refractivity contribution is 5.95. The molecule has 1 saturated heterocycles. The van der Waals surface area contributed by atoms with Gasteiger partial charge in [0.2, 0.25) is 0 Å². The molecule has 0 bridgehead atoms. The van der Waals surface area contributed by atoms with Crippen molar-refractivity contribution >= 4 is 5.91 Å². The maximum absolute atomic E-state index is 11.9. The molecule has 1 aromatic rings. The Bertz CT molecular complexity index is 438. The highest BCUT2D eigenvalue weighted by Gasteiger charge is 2.29. The van der Waals surface area contributed by atoms with Crippen LogP contribution in [0.15, 0.2) is 18.2 Å². The molecule has 1 aromatic carbocycles. The summed E-state index contributed by atoms with van der Waals surface area (Å²) >= 11 is 0. The van der Waals surface area contributed by atoms with Gasteiger partial charge in [0.05, 0.1) is 19.3 Å². The standard InChI is InChI=1S/C12H13NO3/c14-11-4-13(5-11)12(15)8-1-2-9-6-16-7-10(9)3-8/h1-3,11,14H,4-7H2. The number of ether oxygens (including phenoxy) is 1. The fourth-order valence-electron chi connectivity index (χ4n) is 2.11. The van der Waals surface area contributed by atoms with Gasteiger partial charge in [-0.15, -0.1) is 0 Å². The first-order valence-corrected chi connectivity index (χ1v) is 5.41. The zero-order chi connectivity index (χ0) is 11.1. The van der Waals surface area contributed by atoms with Crippen LogP contribution in [-0.2, 0) is 18.0 Å². The predicted molar refractivity (Wildman–Crippen MR) is 56.8 cm³/mol. The molecule has 0 aromatic heterocycles. The van der Waals surface area contributed by atoms with E-state index in [0.29, 0.717) is 31.9 Å². The van der Waals surface area contributed by atoms with Crippen molar-refractivity contribution < 1.29 is 14.6 Å². The molecule has 2 aliphatic rings. The number of aliphatic hydroxyl groups is 1. The maximum atomic E-state index is 11.9. The van der Waals surface area contributed by atoms with E-state index in [1.807, 2.05) is 18.2 Å². The Kier molecular flexibility index (Phi) is 2.19. The van der Waals surface area contributed by atoms with Crippen molar-refractivity contribution in [3.8, 4) is 0 Å². The summed E-state index contributed by atoms with van der Waals surface area (Å²) in [6.07, 6.45) is -0.346. The number of benzene rings is 1. The molecular weight excluding hydrogens is 206 g/mol. The second-order valence-corrected chi connectivity index (χ2v) is 4.34. The van der Waals surface area contributed by atoms with Crippen LogP contribution in [0, 0.1) is 0 Å². The van der Waals surface area contributed by atoms with Gasteiger partial charge in [-0.05, 0) is 23.3 Å². The second kappa shape index (κ2) is 3.57. The number of amides is 1. The molecule has 0 radical (unpaired) electrons. The van der Waals surface area contributed by atoms with Gasteiger partial charge in [0, 0.05) is 18.7 Å². The molecular formula is C12H13NO3. The van der Waals surface area contributed by atoms with E-state index in [1.165, 1.54) is 5.56 Å². The summed E-state index contributed by atoms with van der Waals surface area (Å²) in [4.78, 5) is 13.6. The summed E-state index contributed by atoms with van der Waals surface area (Å²) in [6, 6.07) is 5.68. The van der Waals surface area contributed by atoms with Gasteiger partial charge in [0.15, 0.2) is 0 Å². The third-order valence-electron chi connectivity index (χ3n) is 3.12. The Hall–Kier alpha value is -1.39. The minimum atomic E-state index is -0.346. The molecule has 2 aliphatic heterocycles. The fourth-order valence-corrected chi connectivity index (χ4v) is 2.11. The van der Waals surface area contributed by atoms with Crippen molar-refractivity contribution in [2.75, 3.05) is 13.1 Å². The lowest BCUT2D eigenvalue weighted by Gasteiger charge is -2.35. The normalized spacial score (nSPS) is 19.4. The van der Waals surface area contributed by atoms with Crippen LogP contribution in [-0.4, -0.2) is 35.1 Å². The average molecular weight is 219 g/mol. The van der Waals surface area contributed by atoms with Gasteiger partial charge in [0.1, 0.15) is 0 Å². The number of β-amino-alcohol motifs (C(OH)–C–C–N with tert-alkyl or cyclic N) is 1. The van der Waals surface area contributed by atoms with Gasteiger partial charge < -0.3 is 14.7 Å². The van der Waals surface area contributed by atoms with Crippen LogP contribution in [0.25, 0.3) is 0 Å². The van der Waals surface area contributed by atoms with E-state index in [9.17, 15) is 4.79 Å². The zero-order valence-electron chi connectivity index (χ0n) is 8.85. The van der Waals surface area contributed by atoms with Crippen molar-refractivity contribution in [1.29, 1.82) is 0 Å². The van der Waals surface area contributed by atoms with Crippen LogP contribution >= 0.6 is 0 Å². The average Bonchev–Trinajstić information content (AvgIpc) is 2.70. The van der Waals surface area contributed by atoms with Crippen molar-refractivity contribution in [3.63, 3.8) is 0 Å². The van der Waals surface area contributed by atoms with Crippen molar-refractivity contribution in [1.82, 2.24) is 4.90 Å². The van der Waals surface area contributed by atoms with E-state index in [0.717, 1.165) is 5.56 Å². The van der Waals surface area contributed by atoms with E-state index >= 15 is 0 Å². The molecule has 1 amide bonds. The molecule has 1 N–H and O–H groups in total. The first-order valence-electron chi connectivity index (χ1n) is 5.41. The monoisotopic (exact) mass is 219 g/mol. The molecule has 4 nitrogen and oxygen atoms in total. The van der Waals surface area contributed by atoms with Crippen molar-refractivity contribution in [2.45, 2.75) is 19.3 Å². The highest BCUT2D eigenvalue weighted by atomic mass is 16.5. The van der Waals surface area contributed by atoms with Gasteiger partial charge in [-0.3, -0.25) is 4.79 Å². The first kappa shape index (κ1) is 9.81. The minimum Gasteiger partial charge on any atom is -0.389 e. The number of carbonyl (C=O) groups is 1. The number of rotatable bonds is 1. The quantitative estimate of drug-likeness (QED) is 0.749. The molecule has 3 rings (SSSR count). The molecule has 0 aliphatic carbocycles. The number of carbonyl (C=O) groups excluding carboxylic acids is 1. The number of hydrogen-bond acceptors (Lipinski definition) is 3. The van der Waals surface area contributed by atoms with Crippen LogP contribution in [0.5, 0.6) is 0 Å². The largest absolute Gasteiger partial charge is 0.389 e. The third-order valence-corrected chi connectivity index (χ3v) is 3.12. The predicted octanol–water partition coefficient (Wildman–Crippen LogP) is 0.534. The Morgan fingerprint density at radius 2 is 2.06 bits per heavy atom. The van der Waals surface area contributed by atoms with Crippen LogP contribution in [0.3, 0.4) is 0 Å². The summed E-state index contributed by atoms with van der Waals surface area (Å²) in [6.45, 7) is 2.14. The minimum absolute atomic E-state index is 0.000000000000000444. The summed E-state index contributed by atoms with van der Waals surface area (Å²) in [7, 11) is 0. The van der Waals surface area contributed by atoms with E-state index in [2.05, 4.69) is 0 Å². The number of aliphatic hydroxyl groups excluding tert-OH is 1. The molecule has 1 fully saturated rings. The lowest BCUT2D eigenvalue weighted by Crippen LogP contribution is -2.53. The topological polar surface area (TPSA) is 49.8 Å². The smallest absolute Gasteiger partial charge is 0.254 e. The van der Waals surface area contributed by atoms with Crippen LogP contribution in [0.1, 0.15) is 21.5 Å². The summed E-state index contributed by atoms with van der Waals surface area (Å²) in [5.74, 6) is 0.000000000000000444. The van der Waals surface area contributed by atoms with Crippen molar-refractivity contribution in [3.05, 3.63) is 34.9 Å². The fraction of sp³-hybridized carbons (Fsp3) is 0.417. The van der Waals surface area contributed by atoms with E-state index in [-0.39, 0.29) is 12.0 Å². The summed E-state index contributed by atoms with van der Waals surface area (Å²) in [5.41, 5.74) is 2.96. The van der Waals surface area contributed by atoms with E-state index in [1.54, 1.807) is 4.90 Å². The third kappa shape index (κ3) is 1.50. The van der Waals surface area contributed by atoms with E-state index < -0.39 is 0 Å². The van der Waals surface area contributed by atoms with Gasteiger partial charge in [0.25, 0.3) is 5.91 Å². The Morgan fingerprint density at radius 3 is 2.81 bits per heavy atom. The van der Waals surface area contributed by atoms with Crippen molar-refractivity contribution in [2.24, 2.45) is 0 Å². The lowest BCUT2D eigenvalue weighted by molar-refractivity contribution is 0.00589. The Balaban J connectivity index is 1.82. The lowest BCUT2D eigenvalue weighted by atomic mass is 10.0.